The predicted octanol–water partition coefficient (Wildman–Crippen LogP) is 5.42. The van der Waals surface area contributed by atoms with E-state index < -0.39 is 10.1 Å². The molecule has 0 spiro atoms. The Kier molecular flexibility index (Phi) is 8.12. The van der Waals surface area contributed by atoms with E-state index in [-0.39, 0.29) is 4.90 Å². The summed E-state index contributed by atoms with van der Waals surface area (Å²) >= 11 is 0. The quantitative estimate of drug-likeness (QED) is 0.461. The minimum Gasteiger partial charge on any atom is -0.282 e. The Bertz CT molecular complexity index is 520. The van der Waals surface area contributed by atoms with Crippen LogP contribution < -0.4 is 0 Å². The van der Waals surface area contributed by atoms with Gasteiger partial charge in [0.15, 0.2) is 0 Å². The van der Waals surface area contributed by atoms with Gasteiger partial charge in [0.25, 0.3) is 10.1 Å². The van der Waals surface area contributed by atoms with Crippen LogP contribution in [-0.4, -0.2) is 13.0 Å². The summed E-state index contributed by atoms with van der Waals surface area (Å²) in [7, 11) is -4.09. The first-order chi connectivity index (χ1) is 10.3. The second-order valence-electron chi connectivity index (χ2n) is 6.49. The summed E-state index contributed by atoms with van der Waals surface area (Å²) in [6.45, 7) is 6.70. The van der Waals surface area contributed by atoms with E-state index in [0.29, 0.717) is 11.8 Å². The van der Waals surface area contributed by atoms with Gasteiger partial charge in [-0.1, -0.05) is 71.4 Å². The molecule has 2 unspecified atom stereocenters. The maximum atomic E-state index is 11.0. The third-order valence-corrected chi connectivity index (χ3v) is 5.17. The van der Waals surface area contributed by atoms with Crippen molar-refractivity contribution in [3.8, 4) is 0 Å². The second-order valence-corrected chi connectivity index (χ2v) is 7.91. The van der Waals surface area contributed by atoms with Gasteiger partial charge in [-0.3, -0.25) is 4.55 Å². The number of rotatable bonds is 10. The molecule has 1 aromatic rings. The third kappa shape index (κ3) is 6.93. The van der Waals surface area contributed by atoms with Crippen LogP contribution >= 0.6 is 0 Å². The van der Waals surface area contributed by atoms with Crippen LogP contribution in [0.3, 0.4) is 0 Å². The molecule has 3 nitrogen and oxygen atoms in total. The molecule has 0 aliphatic heterocycles. The lowest BCUT2D eigenvalue weighted by Crippen LogP contribution is -2.03. The molecule has 126 valence electrons. The van der Waals surface area contributed by atoms with Crippen molar-refractivity contribution in [2.75, 3.05) is 0 Å². The standard InChI is InChI=1S/C18H30O3S/c1-4-5-6-7-8-9-15(2)14-16(3)17-10-12-18(13-11-17)22(19,20)21/h10-13,15-16H,4-9,14H2,1-3H3,(H,19,20,21). The molecule has 0 radical (unpaired) electrons. The molecule has 1 N–H and O–H groups in total. The van der Waals surface area contributed by atoms with Gasteiger partial charge in [0.1, 0.15) is 0 Å². The Morgan fingerprint density at radius 2 is 1.59 bits per heavy atom. The first-order valence-electron chi connectivity index (χ1n) is 8.42. The van der Waals surface area contributed by atoms with Crippen LogP contribution in [0.1, 0.15) is 77.2 Å². The van der Waals surface area contributed by atoms with E-state index in [1.54, 1.807) is 0 Å². The van der Waals surface area contributed by atoms with Crippen molar-refractivity contribution >= 4 is 10.1 Å². The molecule has 2 atom stereocenters. The topological polar surface area (TPSA) is 54.4 Å². The molecular formula is C18H30O3S. The molecule has 0 aliphatic carbocycles. The number of hydrogen-bond acceptors (Lipinski definition) is 2. The lowest BCUT2D eigenvalue weighted by Gasteiger charge is -2.18. The summed E-state index contributed by atoms with van der Waals surface area (Å²) in [5, 5.41) is 0. The van der Waals surface area contributed by atoms with E-state index in [0.717, 1.165) is 12.0 Å². The van der Waals surface area contributed by atoms with E-state index in [4.69, 9.17) is 4.55 Å². The molecule has 22 heavy (non-hydrogen) atoms. The fraction of sp³-hybridized carbons (Fsp3) is 0.667. The minimum absolute atomic E-state index is 0.0348. The zero-order valence-electron chi connectivity index (χ0n) is 14.1. The molecule has 0 bridgehead atoms. The van der Waals surface area contributed by atoms with Crippen molar-refractivity contribution in [3.05, 3.63) is 29.8 Å². The van der Waals surface area contributed by atoms with Crippen LogP contribution in [0.25, 0.3) is 0 Å². The Hall–Kier alpha value is -0.870. The van der Waals surface area contributed by atoms with Crippen LogP contribution in [0, 0.1) is 5.92 Å². The van der Waals surface area contributed by atoms with Gasteiger partial charge in [0.05, 0.1) is 4.90 Å². The fourth-order valence-corrected chi connectivity index (χ4v) is 3.40. The molecule has 0 aromatic heterocycles. The van der Waals surface area contributed by atoms with Gasteiger partial charge < -0.3 is 0 Å². The summed E-state index contributed by atoms with van der Waals surface area (Å²) < 4.78 is 31.1. The highest BCUT2D eigenvalue weighted by molar-refractivity contribution is 7.85. The zero-order valence-corrected chi connectivity index (χ0v) is 14.9. The lowest BCUT2D eigenvalue weighted by atomic mass is 9.88. The van der Waals surface area contributed by atoms with Crippen molar-refractivity contribution in [3.63, 3.8) is 0 Å². The summed E-state index contributed by atoms with van der Waals surface area (Å²) in [6, 6.07) is 6.58. The van der Waals surface area contributed by atoms with Crippen LogP contribution in [-0.2, 0) is 10.1 Å². The highest BCUT2D eigenvalue weighted by atomic mass is 32.2. The van der Waals surface area contributed by atoms with Crippen LogP contribution in [0.5, 0.6) is 0 Å². The van der Waals surface area contributed by atoms with E-state index in [2.05, 4.69) is 20.8 Å². The molecule has 1 rings (SSSR count). The average molecular weight is 327 g/mol. The second kappa shape index (κ2) is 9.31. The predicted molar refractivity (Wildman–Crippen MR) is 91.8 cm³/mol. The monoisotopic (exact) mass is 326 g/mol. The van der Waals surface area contributed by atoms with Crippen molar-refractivity contribution in [2.45, 2.75) is 76.5 Å². The Morgan fingerprint density at radius 1 is 1.00 bits per heavy atom. The van der Waals surface area contributed by atoms with Gasteiger partial charge in [-0.25, -0.2) is 0 Å². The summed E-state index contributed by atoms with van der Waals surface area (Å²) in [5.74, 6) is 1.08. The molecule has 0 heterocycles. The summed E-state index contributed by atoms with van der Waals surface area (Å²) in [5.41, 5.74) is 1.13. The van der Waals surface area contributed by atoms with Crippen molar-refractivity contribution < 1.29 is 13.0 Å². The Balaban J connectivity index is 2.42. The zero-order chi connectivity index (χ0) is 16.6. The largest absolute Gasteiger partial charge is 0.294 e. The van der Waals surface area contributed by atoms with Crippen LogP contribution in [0.2, 0.25) is 0 Å². The van der Waals surface area contributed by atoms with Gasteiger partial charge in [-0.2, -0.15) is 8.42 Å². The van der Waals surface area contributed by atoms with Crippen molar-refractivity contribution in [1.82, 2.24) is 0 Å². The van der Waals surface area contributed by atoms with E-state index >= 15 is 0 Å². The molecular weight excluding hydrogens is 296 g/mol. The highest BCUT2D eigenvalue weighted by Gasteiger charge is 2.13. The molecule has 1 aromatic carbocycles. The molecule has 4 heteroatoms. The first-order valence-corrected chi connectivity index (χ1v) is 9.86. The molecule has 0 aliphatic rings. The molecule has 0 saturated heterocycles. The smallest absolute Gasteiger partial charge is 0.282 e. The molecule has 0 saturated carbocycles. The molecule has 0 fully saturated rings. The summed E-state index contributed by atoms with van der Waals surface area (Å²) in [4.78, 5) is -0.0348. The first kappa shape index (κ1) is 19.2. The Labute approximate surface area is 135 Å². The van der Waals surface area contributed by atoms with Crippen molar-refractivity contribution in [2.24, 2.45) is 5.92 Å². The van der Waals surface area contributed by atoms with E-state index in [9.17, 15) is 8.42 Å². The number of benzene rings is 1. The van der Waals surface area contributed by atoms with Crippen molar-refractivity contribution in [1.29, 1.82) is 0 Å². The lowest BCUT2D eigenvalue weighted by molar-refractivity contribution is 0.428. The average Bonchev–Trinajstić information content (AvgIpc) is 2.46. The van der Waals surface area contributed by atoms with E-state index in [1.165, 1.54) is 50.7 Å². The fourth-order valence-electron chi connectivity index (χ4n) is 2.92. The van der Waals surface area contributed by atoms with Gasteiger partial charge in [-0.05, 0) is 36.0 Å². The SMILES string of the molecule is CCCCCCCC(C)CC(C)c1ccc(S(=O)(=O)O)cc1. The van der Waals surface area contributed by atoms with Crippen LogP contribution in [0.15, 0.2) is 29.2 Å². The maximum absolute atomic E-state index is 11.0. The third-order valence-electron chi connectivity index (χ3n) is 4.30. The Morgan fingerprint density at radius 3 is 2.14 bits per heavy atom. The van der Waals surface area contributed by atoms with Gasteiger partial charge in [0, 0.05) is 0 Å². The van der Waals surface area contributed by atoms with Gasteiger partial charge >= 0.3 is 0 Å². The number of unbranched alkanes of at least 4 members (excludes halogenated alkanes) is 4. The normalized spacial score (nSPS) is 14.7. The number of hydrogen-bond donors (Lipinski definition) is 1. The van der Waals surface area contributed by atoms with Crippen LogP contribution in [0.4, 0.5) is 0 Å². The van der Waals surface area contributed by atoms with Gasteiger partial charge in [0.2, 0.25) is 0 Å². The van der Waals surface area contributed by atoms with E-state index in [1.807, 2.05) is 12.1 Å². The minimum atomic E-state index is -4.09. The molecule has 0 amide bonds. The maximum Gasteiger partial charge on any atom is 0.294 e. The highest BCUT2D eigenvalue weighted by Crippen LogP contribution is 2.27. The van der Waals surface area contributed by atoms with Gasteiger partial charge in [-0.15, -0.1) is 0 Å². The summed E-state index contributed by atoms with van der Waals surface area (Å²) in [6.07, 6.45) is 8.97.